The zero-order valence-electron chi connectivity index (χ0n) is 18.2. The molecular formula is C26H24N4O2. The summed E-state index contributed by atoms with van der Waals surface area (Å²) in [6, 6.07) is 23.3. The molecule has 0 spiro atoms. The Morgan fingerprint density at radius 2 is 1.81 bits per heavy atom. The van der Waals surface area contributed by atoms with Crippen LogP contribution in [0.4, 0.5) is 11.6 Å². The quantitative estimate of drug-likeness (QED) is 0.468. The van der Waals surface area contributed by atoms with Gasteiger partial charge in [0, 0.05) is 5.70 Å². The number of imidazole rings is 1. The topological polar surface area (TPSA) is 68.2 Å². The van der Waals surface area contributed by atoms with E-state index in [2.05, 4.69) is 40.3 Å². The van der Waals surface area contributed by atoms with E-state index in [9.17, 15) is 4.79 Å². The molecule has 4 aromatic rings. The van der Waals surface area contributed by atoms with Gasteiger partial charge in [-0.25, -0.2) is 4.98 Å². The number of para-hydroxylation sites is 4. The Balaban J connectivity index is 1.67. The second-order valence-electron chi connectivity index (χ2n) is 7.93. The summed E-state index contributed by atoms with van der Waals surface area (Å²) in [6.07, 6.45) is 0. The molecule has 2 N–H and O–H groups in total. The van der Waals surface area contributed by atoms with Gasteiger partial charge < -0.3 is 15.4 Å². The van der Waals surface area contributed by atoms with Crippen LogP contribution in [-0.2, 0) is 4.79 Å². The van der Waals surface area contributed by atoms with Gasteiger partial charge in [-0.2, -0.15) is 0 Å². The molecule has 5 rings (SSSR count). The minimum absolute atomic E-state index is 0.186. The Morgan fingerprint density at radius 1 is 1.03 bits per heavy atom. The van der Waals surface area contributed by atoms with E-state index >= 15 is 0 Å². The first-order valence-corrected chi connectivity index (χ1v) is 10.5. The standard InChI is InChI=1S/C26H24N4O2/c1-16-9-8-10-18(15-16)24-23(25(31)28-20-12-5-7-14-22(20)32-3)17(2)27-26-29-19-11-4-6-13-21(19)30(24)26/h4-15,24H,1-3H3,(H,27,29)(H,28,31)/t24-/m1/s1. The molecular weight excluding hydrogens is 400 g/mol. The molecule has 1 atom stereocenters. The molecule has 0 saturated carbocycles. The molecule has 6 heteroatoms. The third kappa shape index (κ3) is 3.30. The number of aromatic nitrogens is 2. The van der Waals surface area contributed by atoms with Crippen LogP contribution < -0.4 is 15.4 Å². The van der Waals surface area contributed by atoms with E-state index in [0.717, 1.165) is 33.8 Å². The van der Waals surface area contributed by atoms with Crippen molar-refractivity contribution in [2.75, 3.05) is 17.7 Å². The second-order valence-corrected chi connectivity index (χ2v) is 7.93. The number of benzene rings is 3. The molecule has 0 bridgehead atoms. The van der Waals surface area contributed by atoms with Crippen LogP contribution in [0.1, 0.15) is 24.1 Å². The van der Waals surface area contributed by atoms with Crippen molar-refractivity contribution in [3.8, 4) is 5.75 Å². The maximum absolute atomic E-state index is 13.7. The van der Waals surface area contributed by atoms with E-state index < -0.39 is 0 Å². The SMILES string of the molecule is COc1ccccc1NC(=O)C1=C(C)Nc2nc3ccccc3n2[C@@H]1c1cccc(C)c1. The monoisotopic (exact) mass is 424 g/mol. The summed E-state index contributed by atoms with van der Waals surface area (Å²) in [6.45, 7) is 3.98. The Hall–Kier alpha value is -4.06. The minimum Gasteiger partial charge on any atom is -0.495 e. The first-order valence-electron chi connectivity index (χ1n) is 10.5. The van der Waals surface area contributed by atoms with Crippen LogP contribution >= 0.6 is 0 Å². The van der Waals surface area contributed by atoms with Crippen molar-refractivity contribution < 1.29 is 9.53 Å². The molecule has 1 amide bonds. The summed E-state index contributed by atoms with van der Waals surface area (Å²) in [4.78, 5) is 18.5. The molecule has 160 valence electrons. The number of carbonyl (C=O) groups is 1. The molecule has 1 aromatic heterocycles. The third-order valence-corrected chi connectivity index (χ3v) is 5.79. The molecule has 0 fully saturated rings. The minimum atomic E-state index is -0.326. The zero-order valence-corrected chi connectivity index (χ0v) is 18.2. The van der Waals surface area contributed by atoms with Crippen LogP contribution in [0.5, 0.6) is 5.75 Å². The van der Waals surface area contributed by atoms with Gasteiger partial charge in [-0.15, -0.1) is 0 Å². The summed E-state index contributed by atoms with van der Waals surface area (Å²) in [5, 5.41) is 6.40. The summed E-state index contributed by atoms with van der Waals surface area (Å²) in [7, 11) is 1.59. The summed E-state index contributed by atoms with van der Waals surface area (Å²) in [5.41, 5.74) is 6.05. The van der Waals surface area contributed by atoms with Crippen LogP contribution in [-0.4, -0.2) is 22.6 Å². The van der Waals surface area contributed by atoms with Crippen molar-refractivity contribution >= 4 is 28.6 Å². The van der Waals surface area contributed by atoms with E-state index in [1.165, 1.54) is 0 Å². The van der Waals surface area contributed by atoms with Gasteiger partial charge in [0.2, 0.25) is 5.95 Å². The molecule has 32 heavy (non-hydrogen) atoms. The van der Waals surface area contributed by atoms with Gasteiger partial charge in [0.1, 0.15) is 5.75 Å². The van der Waals surface area contributed by atoms with Crippen LogP contribution in [0.2, 0.25) is 0 Å². The second kappa shape index (κ2) is 7.89. The van der Waals surface area contributed by atoms with Crippen LogP contribution in [0.3, 0.4) is 0 Å². The van der Waals surface area contributed by atoms with E-state index in [1.807, 2.05) is 61.5 Å². The van der Waals surface area contributed by atoms with Crippen LogP contribution in [0.15, 0.2) is 84.1 Å². The number of methoxy groups -OCH3 is 1. The Labute approximate surface area is 186 Å². The predicted molar refractivity (Wildman–Crippen MR) is 127 cm³/mol. The van der Waals surface area contributed by atoms with Crippen molar-refractivity contribution in [3.05, 3.63) is 95.2 Å². The average molecular weight is 425 g/mol. The van der Waals surface area contributed by atoms with Gasteiger partial charge >= 0.3 is 0 Å². The molecule has 0 aliphatic carbocycles. The lowest BCUT2D eigenvalue weighted by molar-refractivity contribution is -0.113. The van der Waals surface area contributed by atoms with Crippen LogP contribution in [0, 0.1) is 6.92 Å². The molecule has 0 radical (unpaired) electrons. The Bertz CT molecular complexity index is 1370. The first-order chi connectivity index (χ1) is 15.6. The largest absolute Gasteiger partial charge is 0.495 e. The van der Waals surface area contributed by atoms with Crippen molar-refractivity contribution in [1.29, 1.82) is 0 Å². The van der Waals surface area contributed by atoms with Gasteiger partial charge in [0.05, 0.1) is 35.4 Å². The summed E-state index contributed by atoms with van der Waals surface area (Å²) < 4.78 is 7.53. The number of allylic oxidation sites excluding steroid dienone is 1. The number of ether oxygens (including phenoxy) is 1. The van der Waals surface area contributed by atoms with Crippen molar-refractivity contribution in [2.45, 2.75) is 19.9 Å². The highest BCUT2D eigenvalue weighted by Gasteiger charge is 2.34. The number of aryl methyl sites for hydroxylation is 1. The molecule has 2 heterocycles. The fourth-order valence-corrected chi connectivity index (χ4v) is 4.35. The average Bonchev–Trinajstić information content (AvgIpc) is 3.16. The molecule has 1 aliphatic heterocycles. The molecule has 0 saturated heterocycles. The predicted octanol–water partition coefficient (Wildman–Crippen LogP) is 5.28. The number of nitrogens with zero attached hydrogens (tertiary/aromatic N) is 2. The number of hydrogen-bond acceptors (Lipinski definition) is 4. The van der Waals surface area contributed by atoms with E-state index in [1.54, 1.807) is 7.11 Å². The number of fused-ring (bicyclic) bond motifs is 3. The van der Waals surface area contributed by atoms with E-state index in [4.69, 9.17) is 9.72 Å². The Morgan fingerprint density at radius 3 is 2.62 bits per heavy atom. The van der Waals surface area contributed by atoms with Crippen LogP contribution in [0.25, 0.3) is 11.0 Å². The van der Waals surface area contributed by atoms with Crippen molar-refractivity contribution in [3.63, 3.8) is 0 Å². The number of hydrogen-bond donors (Lipinski definition) is 2. The highest BCUT2D eigenvalue weighted by molar-refractivity contribution is 6.07. The van der Waals surface area contributed by atoms with E-state index in [0.29, 0.717) is 17.0 Å². The lowest BCUT2D eigenvalue weighted by Gasteiger charge is -2.31. The lowest BCUT2D eigenvalue weighted by Crippen LogP contribution is -2.31. The fourth-order valence-electron chi connectivity index (χ4n) is 4.35. The summed E-state index contributed by atoms with van der Waals surface area (Å²) >= 11 is 0. The smallest absolute Gasteiger partial charge is 0.255 e. The van der Waals surface area contributed by atoms with Crippen molar-refractivity contribution in [1.82, 2.24) is 9.55 Å². The highest BCUT2D eigenvalue weighted by Crippen LogP contribution is 2.40. The zero-order chi connectivity index (χ0) is 22.2. The maximum atomic E-state index is 13.7. The number of nitrogens with one attached hydrogen (secondary N) is 2. The maximum Gasteiger partial charge on any atom is 0.255 e. The van der Waals surface area contributed by atoms with Gasteiger partial charge in [-0.1, -0.05) is 54.1 Å². The first kappa shape index (κ1) is 19.9. The molecule has 1 aliphatic rings. The van der Waals surface area contributed by atoms with Gasteiger partial charge in [-0.05, 0) is 43.7 Å². The fraction of sp³-hybridized carbons (Fsp3) is 0.154. The normalized spacial score (nSPS) is 15.3. The third-order valence-electron chi connectivity index (χ3n) is 5.79. The number of carbonyl (C=O) groups excluding carboxylic acids is 1. The number of amides is 1. The van der Waals surface area contributed by atoms with E-state index in [-0.39, 0.29) is 11.9 Å². The molecule has 6 nitrogen and oxygen atoms in total. The van der Waals surface area contributed by atoms with Crippen molar-refractivity contribution in [2.24, 2.45) is 0 Å². The number of anilines is 2. The van der Waals surface area contributed by atoms with Gasteiger partial charge in [-0.3, -0.25) is 9.36 Å². The number of rotatable bonds is 4. The lowest BCUT2D eigenvalue weighted by atomic mass is 9.93. The Kier molecular flexibility index (Phi) is 4.90. The van der Waals surface area contributed by atoms with Gasteiger partial charge in [0.25, 0.3) is 5.91 Å². The molecule has 3 aromatic carbocycles. The molecule has 0 unspecified atom stereocenters. The highest BCUT2D eigenvalue weighted by atomic mass is 16.5. The van der Waals surface area contributed by atoms with Gasteiger partial charge in [0.15, 0.2) is 0 Å². The summed E-state index contributed by atoms with van der Waals surface area (Å²) in [5.74, 6) is 1.15.